The predicted molar refractivity (Wildman–Crippen MR) is 186 cm³/mol. The molecule has 3 aromatic carbocycles. The van der Waals surface area contributed by atoms with Crippen LogP contribution >= 0.6 is 0 Å². The smallest absolute Gasteiger partial charge is 0.408 e. The highest BCUT2D eigenvalue weighted by Gasteiger charge is 2.41. The van der Waals surface area contributed by atoms with Gasteiger partial charge in [0.05, 0.1) is 0 Å². The normalized spacial score (nSPS) is 18.4. The molecule has 0 spiro atoms. The van der Waals surface area contributed by atoms with Crippen molar-refractivity contribution in [2.75, 3.05) is 6.54 Å². The standard InChI is InChI=1S/C38H45N5O6/c1-25(2)33(41-38(47)48-23-28-12-7-5-8-13-28)36(45)42-21-11-16-31(42)35(44)40-34(26(3)4)37(46)43-24-39-32(49-43)22-27-17-19-30(20-18-27)29-14-9-6-10-15-29/h5-10,12-15,17-20,24-26,31-34H,11,16,21-23H2,1-4H3,(H,40,44)(H,41,47)/t31-,32?,33-,34?/m0/s1. The summed E-state index contributed by atoms with van der Waals surface area (Å²) in [5.74, 6) is -1.78. The van der Waals surface area contributed by atoms with Gasteiger partial charge in [0.1, 0.15) is 31.1 Å². The Morgan fingerprint density at radius 1 is 0.796 bits per heavy atom. The maximum atomic E-state index is 13.7. The first-order valence-corrected chi connectivity index (χ1v) is 16.9. The molecule has 0 radical (unpaired) electrons. The van der Waals surface area contributed by atoms with Crippen molar-refractivity contribution in [2.45, 2.75) is 77.9 Å². The molecule has 0 aliphatic carbocycles. The number of hydrogen-bond donors (Lipinski definition) is 2. The molecule has 2 aliphatic heterocycles. The molecular formula is C38H45N5O6. The van der Waals surface area contributed by atoms with Crippen molar-refractivity contribution in [3.8, 4) is 11.1 Å². The number of alkyl carbamates (subject to hydrolysis) is 1. The summed E-state index contributed by atoms with van der Waals surface area (Å²) in [5.41, 5.74) is 4.07. The van der Waals surface area contributed by atoms with Crippen molar-refractivity contribution in [1.29, 1.82) is 0 Å². The summed E-state index contributed by atoms with van der Waals surface area (Å²) in [5, 5.41) is 6.66. The Hall–Kier alpha value is -5.03. The number of rotatable bonds is 12. The summed E-state index contributed by atoms with van der Waals surface area (Å²) in [6, 6.07) is 24.9. The molecule has 49 heavy (non-hydrogen) atoms. The molecule has 11 heteroatoms. The van der Waals surface area contributed by atoms with E-state index in [1.54, 1.807) is 0 Å². The van der Waals surface area contributed by atoms with Crippen molar-refractivity contribution in [2.24, 2.45) is 16.8 Å². The second-order valence-corrected chi connectivity index (χ2v) is 13.1. The quantitative estimate of drug-likeness (QED) is 0.276. The number of carbonyl (C=O) groups excluding carboxylic acids is 4. The molecule has 2 unspecified atom stereocenters. The van der Waals surface area contributed by atoms with Gasteiger partial charge in [0.2, 0.25) is 11.8 Å². The van der Waals surface area contributed by atoms with E-state index in [0.717, 1.165) is 27.3 Å². The molecule has 258 valence electrons. The van der Waals surface area contributed by atoms with E-state index in [4.69, 9.17) is 9.57 Å². The number of benzene rings is 3. The molecule has 2 N–H and O–H groups in total. The van der Waals surface area contributed by atoms with Gasteiger partial charge in [-0.3, -0.25) is 14.4 Å². The highest BCUT2D eigenvalue weighted by Crippen LogP contribution is 2.23. The summed E-state index contributed by atoms with van der Waals surface area (Å²) < 4.78 is 5.35. The van der Waals surface area contributed by atoms with Crippen molar-refractivity contribution in [3.05, 3.63) is 96.1 Å². The first kappa shape index (κ1) is 35.3. The fourth-order valence-corrected chi connectivity index (χ4v) is 5.97. The molecule has 0 saturated carbocycles. The summed E-state index contributed by atoms with van der Waals surface area (Å²) >= 11 is 0. The number of ether oxygens (including phenoxy) is 1. The Kier molecular flexibility index (Phi) is 11.8. The van der Waals surface area contributed by atoms with Gasteiger partial charge in [-0.2, -0.15) is 5.06 Å². The highest BCUT2D eigenvalue weighted by molar-refractivity contribution is 5.96. The average molecular weight is 668 g/mol. The molecule has 4 atom stereocenters. The fraction of sp³-hybridized carbons (Fsp3) is 0.395. The lowest BCUT2D eigenvalue weighted by molar-refractivity contribution is -0.171. The van der Waals surface area contributed by atoms with Crippen LogP contribution in [0.5, 0.6) is 0 Å². The van der Waals surface area contributed by atoms with Crippen LogP contribution in [-0.4, -0.2) is 71.0 Å². The number of hydroxylamine groups is 2. The molecule has 1 fully saturated rings. The molecule has 2 heterocycles. The Bertz CT molecular complexity index is 1610. The highest BCUT2D eigenvalue weighted by atomic mass is 16.7. The van der Waals surface area contributed by atoms with E-state index in [0.29, 0.717) is 25.8 Å². The fourth-order valence-electron chi connectivity index (χ4n) is 5.97. The molecule has 1 saturated heterocycles. The van der Waals surface area contributed by atoms with Gasteiger partial charge in [-0.1, -0.05) is 113 Å². The van der Waals surface area contributed by atoms with Gasteiger partial charge in [0, 0.05) is 13.0 Å². The van der Waals surface area contributed by atoms with Crippen LogP contribution in [0.2, 0.25) is 0 Å². The van der Waals surface area contributed by atoms with Crippen LogP contribution in [-0.2, 0) is 37.0 Å². The van der Waals surface area contributed by atoms with Crippen LogP contribution in [0.15, 0.2) is 89.9 Å². The van der Waals surface area contributed by atoms with E-state index in [2.05, 4.69) is 27.8 Å². The third-order valence-electron chi connectivity index (χ3n) is 8.75. The molecule has 0 aromatic heterocycles. The number of nitrogens with one attached hydrogen (secondary N) is 2. The van der Waals surface area contributed by atoms with Crippen LogP contribution in [0, 0.1) is 11.8 Å². The largest absolute Gasteiger partial charge is 0.445 e. The first-order valence-electron chi connectivity index (χ1n) is 16.9. The zero-order valence-electron chi connectivity index (χ0n) is 28.5. The number of aliphatic imine (C=N–C) groups is 1. The second-order valence-electron chi connectivity index (χ2n) is 13.1. The Morgan fingerprint density at radius 3 is 2.06 bits per heavy atom. The van der Waals surface area contributed by atoms with Crippen molar-refractivity contribution >= 4 is 30.2 Å². The van der Waals surface area contributed by atoms with Crippen molar-refractivity contribution < 1.29 is 28.8 Å². The van der Waals surface area contributed by atoms with E-state index < -0.39 is 42.3 Å². The maximum Gasteiger partial charge on any atom is 0.408 e. The van der Waals surface area contributed by atoms with Gasteiger partial charge in [-0.25, -0.2) is 14.6 Å². The lowest BCUT2D eigenvalue weighted by Gasteiger charge is -2.32. The van der Waals surface area contributed by atoms with E-state index in [1.807, 2.05) is 100 Å². The molecule has 5 rings (SSSR count). The van der Waals surface area contributed by atoms with E-state index in [1.165, 1.54) is 11.2 Å². The molecular weight excluding hydrogens is 622 g/mol. The van der Waals surface area contributed by atoms with Crippen LogP contribution in [0.1, 0.15) is 51.7 Å². The third-order valence-corrected chi connectivity index (χ3v) is 8.75. The van der Waals surface area contributed by atoms with Crippen molar-refractivity contribution in [3.63, 3.8) is 0 Å². The zero-order chi connectivity index (χ0) is 34.9. The van der Waals surface area contributed by atoms with Gasteiger partial charge in [0.25, 0.3) is 5.91 Å². The minimum absolute atomic E-state index is 0.0685. The number of nitrogens with zero attached hydrogens (tertiary/aromatic N) is 3. The lowest BCUT2D eigenvalue weighted by Crippen LogP contribution is -2.58. The minimum Gasteiger partial charge on any atom is -0.445 e. The van der Waals surface area contributed by atoms with E-state index >= 15 is 0 Å². The topological polar surface area (TPSA) is 130 Å². The monoisotopic (exact) mass is 667 g/mol. The Balaban J connectivity index is 1.16. The molecule has 3 aromatic rings. The van der Waals surface area contributed by atoms with Crippen LogP contribution in [0.3, 0.4) is 0 Å². The SMILES string of the molecule is CC(C)C(NC(=O)[C@@H]1CCCN1C(=O)[C@@H](NC(=O)OCc1ccccc1)C(C)C)C(=O)N1C=NC(Cc2ccc(-c3ccccc3)cc2)O1. The number of amides is 4. The molecule has 0 bridgehead atoms. The molecule has 11 nitrogen and oxygen atoms in total. The Morgan fingerprint density at radius 2 is 1.41 bits per heavy atom. The average Bonchev–Trinajstić information content (AvgIpc) is 3.80. The summed E-state index contributed by atoms with van der Waals surface area (Å²) in [6.07, 6.45) is 1.58. The molecule has 2 aliphatic rings. The summed E-state index contributed by atoms with van der Waals surface area (Å²) in [4.78, 5) is 65.3. The van der Waals surface area contributed by atoms with Crippen LogP contribution in [0.25, 0.3) is 11.1 Å². The van der Waals surface area contributed by atoms with Gasteiger partial charge in [0.15, 0.2) is 6.23 Å². The minimum atomic E-state index is -0.910. The van der Waals surface area contributed by atoms with Crippen LogP contribution < -0.4 is 10.6 Å². The van der Waals surface area contributed by atoms with Gasteiger partial charge in [-0.05, 0) is 46.9 Å². The predicted octanol–water partition coefficient (Wildman–Crippen LogP) is 5.11. The summed E-state index contributed by atoms with van der Waals surface area (Å²) in [7, 11) is 0. The van der Waals surface area contributed by atoms with Crippen molar-refractivity contribution in [1.82, 2.24) is 20.6 Å². The summed E-state index contributed by atoms with van der Waals surface area (Å²) in [6.45, 7) is 7.74. The second kappa shape index (κ2) is 16.4. The van der Waals surface area contributed by atoms with Gasteiger partial charge >= 0.3 is 6.09 Å². The van der Waals surface area contributed by atoms with E-state index in [-0.39, 0.29) is 24.3 Å². The van der Waals surface area contributed by atoms with Gasteiger partial charge in [-0.15, -0.1) is 0 Å². The number of carbonyl (C=O) groups is 4. The first-order chi connectivity index (χ1) is 23.6. The molecule has 4 amide bonds. The lowest BCUT2D eigenvalue weighted by atomic mass is 10.0. The maximum absolute atomic E-state index is 13.7. The number of hydrogen-bond acceptors (Lipinski definition) is 7. The third kappa shape index (κ3) is 9.11. The van der Waals surface area contributed by atoms with E-state index in [9.17, 15) is 19.2 Å². The van der Waals surface area contributed by atoms with Crippen LogP contribution in [0.4, 0.5) is 4.79 Å². The van der Waals surface area contributed by atoms with Gasteiger partial charge < -0.3 is 20.3 Å². The zero-order valence-corrected chi connectivity index (χ0v) is 28.5. The number of likely N-dealkylation sites (tertiary alicyclic amines) is 1. The Labute approximate surface area is 287 Å².